The second kappa shape index (κ2) is 6.72. The number of carboxylic acid groups (broad SMARTS) is 1. The normalized spacial score (nSPS) is 11.7. The van der Waals surface area contributed by atoms with Gasteiger partial charge in [0, 0.05) is 13.1 Å². The third-order valence-corrected chi connectivity index (χ3v) is 2.54. The largest absolute Gasteiger partial charge is 0.480 e. The minimum Gasteiger partial charge on any atom is -0.480 e. The third-order valence-electron chi connectivity index (χ3n) is 2.54. The first-order valence-electron chi connectivity index (χ1n) is 5.86. The molecule has 19 heavy (non-hydrogen) atoms. The van der Waals surface area contributed by atoms with E-state index in [4.69, 9.17) is 5.11 Å². The van der Waals surface area contributed by atoms with Crippen molar-refractivity contribution in [3.63, 3.8) is 0 Å². The summed E-state index contributed by atoms with van der Waals surface area (Å²) in [7, 11) is 1.41. The molecule has 1 aromatic rings. The van der Waals surface area contributed by atoms with Crippen molar-refractivity contribution in [1.29, 1.82) is 0 Å². The van der Waals surface area contributed by atoms with Crippen molar-refractivity contribution >= 4 is 12.0 Å². The summed E-state index contributed by atoms with van der Waals surface area (Å²) in [6.07, 6.45) is 0.549. The molecule has 0 aliphatic carbocycles. The fourth-order valence-electron chi connectivity index (χ4n) is 1.62. The van der Waals surface area contributed by atoms with E-state index in [-0.39, 0.29) is 18.4 Å². The lowest BCUT2D eigenvalue weighted by Crippen LogP contribution is -2.44. The molecule has 0 bridgehead atoms. The number of nitrogens with one attached hydrogen (secondary N) is 1. The Hall–Kier alpha value is -2.11. The molecule has 5 nitrogen and oxygen atoms in total. The van der Waals surface area contributed by atoms with Gasteiger partial charge in [-0.15, -0.1) is 0 Å². The molecule has 6 heteroatoms. The molecule has 2 amide bonds. The SMILES string of the molecule is CC(Cc1ccc(F)cc1)NC(=O)N(C)CC(=O)O. The maximum absolute atomic E-state index is 12.7. The molecule has 2 N–H and O–H groups in total. The van der Waals surface area contributed by atoms with Crippen LogP contribution >= 0.6 is 0 Å². The molecule has 0 saturated heterocycles. The van der Waals surface area contributed by atoms with Crippen LogP contribution in [-0.2, 0) is 11.2 Å². The highest BCUT2D eigenvalue weighted by Gasteiger charge is 2.14. The minimum absolute atomic E-state index is 0.172. The van der Waals surface area contributed by atoms with Gasteiger partial charge in [0.1, 0.15) is 12.4 Å². The molecular weight excluding hydrogens is 251 g/mol. The Kier molecular flexibility index (Phi) is 5.29. The number of carboxylic acids is 1. The van der Waals surface area contributed by atoms with Gasteiger partial charge in [-0.3, -0.25) is 4.79 Å². The monoisotopic (exact) mass is 268 g/mol. The van der Waals surface area contributed by atoms with Crippen LogP contribution in [0.25, 0.3) is 0 Å². The Morgan fingerprint density at radius 1 is 1.37 bits per heavy atom. The van der Waals surface area contributed by atoms with E-state index in [0.29, 0.717) is 6.42 Å². The second-order valence-electron chi connectivity index (χ2n) is 4.43. The average molecular weight is 268 g/mol. The molecule has 0 radical (unpaired) electrons. The number of likely N-dealkylation sites (N-methyl/N-ethyl adjacent to an activating group) is 1. The molecule has 0 heterocycles. The molecule has 1 rings (SSSR count). The predicted octanol–water partition coefficient (Wildman–Crippen LogP) is 1.48. The smallest absolute Gasteiger partial charge is 0.323 e. The second-order valence-corrected chi connectivity index (χ2v) is 4.43. The van der Waals surface area contributed by atoms with Gasteiger partial charge in [0.25, 0.3) is 0 Å². The van der Waals surface area contributed by atoms with Crippen molar-refractivity contribution in [2.75, 3.05) is 13.6 Å². The zero-order chi connectivity index (χ0) is 14.4. The van der Waals surface area contributed by atoms with Crippen molar-refractivity contribution in [1.82, 2.24) is 10.2 Å². The molecule has 0 aromatic heterocycles. The van der Waals surface area contributed by atoms with Crippen molar-refractivity contribution in [2.45, 2.75) is 19.4 Å². The first-order chi connectivity index (χ1) is 8.88. The van der Waals surface area contributed by atoms with Crippen LogP contribution in [0.5, 0.6) is 0 Å². The number of nitrogens with zero attached hydrogens (tertiary/aromatic N) is 1. The minimum atomic E-state index is -1.07. The van der Waals surface area contributed by atoms with E-state index in [1.165, 1.54) is 19.2 Å². The van der Waals surface area contributed by atoms with E-state index in [1.54, 1.807) is 19.1 Å². The van der Waals surface area contributed by atoms with E-state index in [1.807, 2.05) is 0 Å². The average Bonchev–Trinajstić information content (AvgIpc) is 2.31. The van der Waals surface area contributed by atoms with Crippen LogP contribution in [0.15, 0.2) is 24.3 Å². The number of urea groups is 1. The molecule has 1 unspecified atom stereocenters. The summed E-state index contributed by atoms with van der Waals surface area (Å²) in [6.45, 7) is 1.45. The standard InChI is InChI=1S/C13H17FN2O3/c1-9(7-10-3-5-11(14)6-4-10)15-13(19)16(2)8-12(17)18/h3-6,9H,7-8H2,1-2H3,(H,15,19)(H,17,18). The molecule has 0 aliphatic rings. The Balaban J connectivity index is 2.46. The predicted molar refractivity (Wildman–Crippen MR) is 68.4 cm³/mol. The first-order valence-corrected chi connectivity index (χ1v) is 5.86. The zero-order valence-corrected chi connectivity index (χ0v) is 10.9. The van der Waals surface area contributed by atoms with Gasteiger partial charge in [-0.05, 0) is 31.0 Å². The lowest BCUT2D eigenvalue weighted by atomic mass is 10.1. The number of hydrogen-bond acceptors (Lipinski definition) is 2. The van der Waals surface area contributed by atoms with E-state index in [9.17, 15) is 14.0 Å². The highest BCUT2D eigenvalue weighted by Crippen LogP contribution is 2.05. The van der Waals surface area contributed by atoms with Gasteiger partial charge < -0.3 is 15.3 Å². The van der Waals surface area contributed by atoms with Gasteiger partial charge >= 0.3 is 12.0 Å². The molecule has 1 aromatic carbocycles. The van der Waals surface area contributed by atoms with E-state index in [2.05, 4.69) is 5.32 Å². The van der Waals surface area contributed by atoms with Crippen molar-refractivity contribution in [2.24, 2.45) is 0 Å². The van der Waals surface area contributed by atoms with Gasteiger partial charge in [0.05, 0.1) is 0 Å². The first kappa shape index (κ1) is 14.9. The molecule has 0 aliphatic heterocycles. The maximum atomic E-state index is 12.7. The number of halogens is 1. The number of amides is 2. The molecule has 104 valence electrons. The topological polar surface area (TPSA) is 69.6 Å². The highest BCUT2D eigenvalue weighted by molar-refractivity contribution is 5.79. The highest BCUT2D eigenvalue weighted by atomic mass is 19.1. The number of carbonyl (C=O) groups is 2. The van der Waals surface area contributed by atoms with Crippen molar-refractivity contribution in [3.8, 4) is 0 Å². The van der Waals surface area contributed by atoms with Crippen LogP contribution in [0.1, 0.15) is 12.5 Å². The van der Waals surface area contributed by atoms with Gasteiger partial charge in [-0.2, -0.15) is 0 Å². The van der Waals surface area contributed by atoms with E-state index >= 15 is 0 Å². The van der Waals surface area contributed by atoms with Gasteiger partial charge in [-0.1, -0.05) is 12.1 Å². The molecule has 0 fully saturated rings. The Bertz CT molecular complexity index is 448. The number of carbonyl (C=O) groups excluding carboxylic acids is 1. The molecule has 0 saturated carbocycles. The van der Waals surface area contributed by atoms with Crippen LogP contribution in [-0.4, -0.2) is 41.6 Å². The lowest BCUT2D eigenvalue weighted by molar-refractivity contribution is -0.137. The van der Waals surface area contributed by atoms with Crippen LogP contribution in [0.3, 0.4) is 0 Å². The van der Waals surface area contributed by atoms with E-state index in [0.717, 1.165) is 10.5 Å². The van der Waals surface area contributed by atoms with Gasteiger partial charge in [0.15, 0.2) is 0 Å². The Morgan fingerprint density at radius 3 is 2.47 bits per heavy atom. The zero-order valence-electron chi connectivity index (χ0n) is 10.9. The Labute approximate surface area is 111 Å². The van der Waals surface area contributed by atoms with Crippen LogP contribution < -0.4 is 5.32 Å². The van der Waals surface area contributed by atoms with Crippen molar-refractivity contribution < 1.29 is 19.1 Å². The van der Waals surface area contributed by atoms with Crippen LogP contribution in [0.2, 0.25) is 0 Å². The quantitative estimate of drug-likeness (QED) is 0.850. The summed E-state index contributed by atoms with van der Waals surface area (Å²) >= 11 is 0. The van der Waals surface area contributed by atoms with Crippen LogP contribution in [0, 0.1) is 5.82 Å². The summed E-state index contributed by atoms with van der Waals surface area (Å²) in [5.41, 5.74) is 0.898. The molecular formula is C13H17FN2O3. The summed E-state index contributed by atoms with van der Waals surface area (Å²) in [4.78, 5) is 23.2. The fraction of sp³-hybridized carbons (Fsp3) is 0.385. The Morgan fingerprint density at radius 2 is 1.95 bits per heavy atom. The summed E-state index contributed by atoms with van der Waals surface area (Å²) in [6, 6.07) is 5.41. The number of aliphatic carboxylic acids is 1. The van der Waals surface area contributed by atoms with Crippen LogP contribution in [0.4, 0.5) is 9.18 Å². The fourth-order valence-corrected chi connectivity index (χ4v) is 1.62. The molecule has 0 spiro atoms. The summed E-state index contributed by atoms with van der Waals surface area (Å²) in [5.74, 6) is -1.37. The summed E-state index contributed by atoms with van der Waals surface area (Å²) in [5, 5.41) is 11.2. The number of rotatable bonds is 5. The molecule has 1 atom stereocenters. The third kappa shape index (κ3) is 5.37. The summed E-state index contributed by atoms with van der Waals surface area (Å²) < 4.78 is 12.7. The van der Waals surface area contributed by atoms with Crippen molar-refractivity contribution in [3.05, 3.63) is 35.6 Å². The maximum Gasteiger partial charge on any atom is 0.323 e. The number of hydrogen-bond donors (Lipinski definition) is 2. The number of benzene rings is 1. The lowest BCUT2D eigenvalue weighted by Gasteiger charge is -2.20. The van der Waals surface area contributed by atoms with E-state index < -0.39 is 12.0 Å². The van der Waals surface area contributed by atoms with Gasteiger partial charge in [0.2, 0.25) is 0 Å². The van der Waals surface area contributed by atoms with Gasteiger partial charge in [-0.25, -0.2) is 9.18 Å².